The van der Waals surface area contributed by atoms with Crippen LogP contribution in [0, 0.1) is 0 Å². The van der Waals surface area contributed by atoms with Crippen molar-refractivity contribution in [3.63, 3.8) is 0 Å². The first-order valence-electron chi connectivity index (χ1n) is 9.65. The number of carbonyl (C=O) groups excluding carboxylic acids is 1. The molecule has 0 spiro atoms. The molecule has 0 radical (unpaired) electrons. The summed E-state index contributed by atoms with van der Waals surface area (Å²) in [6.45, 7) is 0. The molecular formula is C26H22N2O. The third-order valence-corrected chi connectivity index (χ3v) is 4.64. The summed E-state index contributed by atoms with van der Waals surface area (Å²) in [4.78, 5) is 13.6. The zero-order valence-electron chi connectivity index (χ0n) is 16.1. The molecule has 4 aromatic carbocycles. The minimum Gasteiger partial charge on any atom is -0.272 e. The van der Waals surface area contributed by atoms with Crippen molar-refractivity contribution in [3.8, 4) is 0 Å². The van der Waals surface area contributed by atoms with Crippen molar-refractivity contribution in [1.29, 1.82) is 0 Å². The van der Waals surface area contributed by atoms with E-state index in [0.29, 0.717) is 6.42 Å². The highest BCUT2D eigenvalue weighted by Gasteiger charge is 2.25. The van der Waals surface area contributed by atoms with Crippen molar-refractivity contribution in [3.05, 3.63) is 127 Å². The van der Waals surface area contributed by atoms with Crippen molar-refractivity contribution in [2.75, 3.05) is 10.0 Å². The van der Waals surface area contributed by atoms with Gasteiger partial charge in [-0.2, -0.15) is 0 Å². The quantitative estimate of drug-likeness (QED) is 0.383. The molecule has 142 valence electrons. The number of para-hydroxylation sites is 3. The molecule has 0 saturated carbocycles. The lowest BCUT2D eigenvalue weighted by Crippen LogP contribution is -2.45. The molecule has 0 aromatic heterocycles. The van der Waals surface area contributed by atoms with E-state index in [4.69, 9.17) is 0 Å². The van der Waals surface area contributed by atoms with Gasteiger partial charge >= 0.3 is 0 Å². The zero-order valence-corrected chi connectivity index (χ0v) is 16.1. The van der Waals surface area contributed by atoms with Gasteiger partial charge in [-0.25, -0.2) is 10.0 Å². The number of hydrogen-bond donors (Lipinski definition) is 0. The molecule has 0 fully saturated rings. The van der Waals surface area contributed by atoms with Crippen molar-refractivity contribution < 1.29 is 4.79 Å². The Bertz CT molecular complexity index is 996. The first kappa shape index (κ1) is 18.5. The van der Waals surface area contributed by atoms with Crippen LogP contribution in [0.5, 0.6) is 0 Å². The van der Waals surface area contributed by atoms with Gasteiger partial charge in [-0.15, -0.1) is 0 Å². The molecule has 0 aliphatic rings. The fourth-order valence-corrected chi connectivity index (χ4v) is 3.30. The van der Waals surface area contributed by atoms with E-state index in [1.807, 2.05) is 126 Å². The molecular weight excluding hydrogens is 356 g/mol. The standard InChI is InChI=1S/C26H22N2O/c29-26(21-22-13-5-1-6-14-22)28(25-19-11-4-12-20-25)27(23-15-7-2-8-16-23)24-17-9-3-10-18-24/h1-20H,21H2. The minimum atomic E-state index is -0.00453. The summed E-state index contributed by atoms with van der Waals surface area (Å²) in [5, 5.41) is 3.73. The van der Waals surface area contributed by atoms with Crippen LogP contribution in [0.2, 0.25) is 0 Å². The highest BCUT2D eigenvalue weighted by atomic mass is 16.2. The Hall–Kier alpha value is -3.85. The Morgan fingerprint density at radius 3 is 1.34 bits per heavy atom. The van der Waals surface area contributed by atoms with Gasteiger partial charge in [0.1, 0.15) is 0 Å². The molecule has 4 aromatic rings. The van der Waals surface area contributed by atoms with Crippen LogP contribution < -0.4 is 10.0 Å². The maximum absolute atomic E-state index is 13.6. The predicted octanol–water partition coefficient (Wildman–Crippen LogP) is 6.02. The first-order valence-corrected chi connectivity index (χ1v) is 9.65. The fourth-order valence-electron chi connectivity index (χ4n) is 3.30. The summed E-state index contributed by atoms with van der Waals surface area (Å²) >= 11 is 0. The molecule has 0 aliphatic heterocycles. The van der Waals surface area contributed by atoms with Crippen LogP contribution in [0.25, 0.3) is 0 Å². The molecule has 1 amide bonds. The van der Waals surface area contributed by atoms with Gasteiger partial charge in [0.25, 0.3) is 5.91 Å². The Balaban J connectivity index is 1.82. The number of hydrazine groups is 1. The highest BCUT2D eigenvalue weighted by molar-refractivity contribution is 5.99. The molecule has 3 heteroatoms. The molecule has 0 bridgehead atoms. The number of benzene rings is 4. The smallest absolute Gasteiger partial charge is 0.250 e. The van der Waals surface area contributed by atoms with Crippen LogP contribution in [0.1, 0.15) is 5.56 Å². The molecule has 0 heterocycles. The van der Waals surface area contributed by atoms with Crippen LogP contribution >= 0.6 is 0 Å². The average Bonchev–Trinajstić information content (AvgIpc) is 2.79. The lowest BCUT2D eigenvalue weighted by Gasteiger charge is -2.36. The number of hydrogen-bond acceptors (Lipinski definition) is 2. The van der Waals surface area contributed by atoms with Crippen molar-refractivity contribution >= 4 is 23.0 Å². The number of rotatable bonds is 6. The third kappa shape index (κ3) is 4.36. The highest BCUT2D eigenvalue weighted by Crippen LogP contribution is 2.31. The van der Waals surface area contributed by atoms with E-state index in [1.165, 1.54) is 0 Å². The molecule has 0 unspecified atom stereocenters. The van der Waals surface area contributed by atoms with Crippen molar-refractivity contribution in [2.24, 2.45) is 0 Å². The van der Waals surface area contributed by atoms with Crippen LogP contribution in [0.3, 0.4) is 0 Å². The second kappa shape index (κ2) is 8.89. The van der Waals surface area contributed by atoms with Crippen LogP contribution in [-0.4, -0.2) is 5.91 Å². The topological polar surface area (TPSA) is 23.6 Å². The van der Waals surface area contributed by atoms with Gasteiger partial charge in [0.2, 0.25) is 0 Å². The van der Waals surface area contributed by atoms with E-state index in [2.05, 4.69) is 0 Å². The average molecular weight is 378 g/mol. The predicted molar refractivity (Wildman–Crippen MR) is 119 cm³/mol. The monoisotopic (exact) mass is 378 g/mol. The molecule has 0 saturated heterocycles. The van der Waals surface area contributed by atoms with E-state index in [9.17, 15) is 4.79 Å². The lowest BCUT2D eigenvalue weighted by atomic mass is 10.1. The van der Waals surface area contributed by atoms with E-state index in [-0.39, 0.29) is 5.91 Å². The maximum Gasteiger partial charge on any atom is 0.250 e. The van der Waals surface area contributed by atoms with Crippen molar-refractivity contribution in [2.45, 2.75) is 6.42 Å². The second-order valence-corrected chi connectivity index (χ2v) is 6.69. The molecule has 0 atom stereocenters. The first-order chi connectivity index (χ1) is 14.3. The molecule has 0 aliphatic carbocycles. The van der Waals surface area contributed by atoms with Gasteiger partial charge in [-0.3, -0.25) is 4.79 Å². The number of anilines is 3. The van der Waals surface area contributed by atoms with Gasteiger partial charge in [0.15, 0.2) is 0 Å². The van der Waals surface area contributed by atoms with Crippen LogP contribution in [-0.2, 0) is 11.2 Å². The Kier molecular flexibility index (Phi) is 5.68. The van der Waals surface area contributed by atoms with Crippen molar-refractivity contribution in [1.82, 2.24) is 0 Å². The Morgan fingerprint density at radius 1 is 0.517 bits per heavy atom. The van der Waals surface area contributed by atoms with E-state index < -0.39 is 0 Å². The van der Waals surface area contributed by atoms with Crippen LogP contribution in [0.15, 0.2) is 121 Å². The van der Waals surface area contributed by atoms with Crippen LogP contribution in [0.4, 0.5) is 17.1 Å². The third-order valence-electron chi connectivity index (χ3n) is 4.64. The summed E-state index contributed by atoms with van der Waals surface area (Å²) in [5.41, 5.74) is 3.65. The van der Waals surface area contributed by atoms with Gasteiger partial charge < -0.3 is 0 Å². The summed E-state index contributed by atoms with van der Waals surface area (Å²) in [7, 11) is 0. The number of nitrogens with zero attached hydrogens (tertiary/aromatic N) is 2. The van der Waals surface area contributed by atoms with E-state index in [1.54, 1.807) is 5.01 Å². The Labute approximate surface area is 171 Å². The summed E-state index contributed by atoms with van der Waals surface area (Å²) in [5.74, 6) is -0.00453. The van der Waals surface area contributed by atoms with Gasteiger partial charge in [0.05, 0.1) is 23.5 Å². The second-order valence-electron chi connectivity index (χ2n) is 6.69. The molecule has 3 nitrogen and oxygen atoms in total. The summed E-state index contributed by atoms with van der Waals surface area (Å²) < 4.78 is 0. The maximum atomic E-state index is 13.6. The summed E-state index contributed by atoms with van der Waals surface area (Å²) in [6, 6.07) is 39.6. The SMILES string of the molecule is O=C(Cc1ccccc1)N(c1ccccc1)N(c1ccccc1)c1ccccc1. The van der Waals surface area contributed by atoms with Gasteiger partial charge in [-0.05, 0) is 42.0 Å². The molecule has 4 rings (SSSR count). The normalized spacial score (nSPS) is 10.3. The van der Waals surface area contributed by atoms with E-state index >= 15 is 0 Å². The fraction of sp³-hybridized carbons (Fsp3) is 0.0385. The van der Waals surface area contributed by atoms with Gasteiger partial charge in [-0.1, -0.05) is 84.9 Å². The van der Waals surface area contributed by atoms with Gasteiger partial charge in [0, 0.05) is 0 Å². The number of amides is 1. The zero-order chi connectivity index (χ0) is 19.9. The Morgan fingerprint density at radius 2 is 0.897 bits per heavy atom. The lowest BCUT2D eigenvalue weighted by molar-refractivity contribution is -0.118. The largest absolute Gasteiger partial charge is 0.272 e. The van der Waals surface area contributed by atoms with E-state index in [0.717, 1.165) is 22.6 Å². The molecule has 29 heavy (non-hydrogen) atoms. The summed E-state index contributed by atoms with van der Waals surface area (Å²) in [6.07, 6.45) is 0.311. The molecule has 0 N–H and O–H groups in total. The number of carbonyl (C=O) groups is 1. The minimum absolute atomic E-state index is 0.00453.